The standard InChI is InChI=1S/C19H26N2O/c1-14(2)15(3)19(21(4)5)16-9-11-17(12-10-16)22-18-8-6-7-13-20-18/h6-15,19H,1-5H3/t15-,19-/m1/s1. The molecule has 0 amide bonds. The Hall–Kier alpha value is -1.87. The quantitative estimate of drug-likeness (QED) is 0.768. The third kappa shape index (κ3) is 4.08. The number of hydrogen-bond donors (Lipinski definition) is 0. The van der Waals surface area contributed by atoms with Crippen molar-refractivity contribution in [2.45, 2.75) is 26.8 Å². The largest absolute Gasteiger partial charge is 0.439 e. The van der Waals surface area contributed by atoms with E-state index in [0.717, 1.165) is 5.75 Å². The van der Waals surface area contributed by atoms with E-state index >= 15 is 0 Å². The molecule has 0 aliphatic rings. The summed E-state index contributed by atoms with van der Waals surface area (Å²) < 4.78 is 5.76. The molecule has 0 spiro atoms. The fourth-order valence-electron chi connectivity index (χ4n) is 2.70. The average Bonchev–Trinajstić information content (AvgIpc) is 2.49. The zero-order chi connectivity index (χ0) is 16.1. The molecule has 0 aliphatic heterocycles. The highest BCUT2D eigenvalue weighted by Crippen LogP contribution is 2.32. The van der Waals surface area contributed by atoms with Crippen LogP contribution in [0, 0.1) is 11.8 Å². The number of nitrogens with zero attached hydrogens (tertiary/aromatic N) is 2. The van der Waals surface area contributed by atoms with E-state index in [1.807, 2.05) is 30.3 Å². The van der Waals surface area contributed by atoms with Gasteiger partial charge in [-0.1, -0.05) is 39.0 Å². The molecule has 2 rings (SSSR count). The van der Waals surface area contributed by atoms with Crippen LogP contribution in [-0.4, -0.2) is 24.0 Å². The van der Waals surface area contributed by atoms with E-state index in [1.165, 1.54) is 5.56 Å². The van der Waals surface area contributed by atoms with Crippen LogP contribution in [0.5, 0.6) is 11.6 Å². The first-order valence-electron chi connectivity index (χ1n) is 7.84. The van der Waals surface area contributed by atoms with Crippen LogP contribution in [0.3, 0.4) is 0 Å². The van der Waals surface area contributed by atoms with E-state index in [0.29, 0.717) is 23.8 Å². The summed E-state index contributed by atoms with van der Waals surface area (Å²) in [4.78, 5) is 6.47. The van der Waals surface area contributed by atoms with Crippen molar-refractivity contribution in [3.8, 4) is 11.6 Å². The SMILES string of the molecule is CC(C)[C@@H](C)[C@H](c1ccc(Oc2ccccn2)cc1)N(C)C. The van der Waals surface area contributed by atoms with Gasteiger partial charge in [0.2, 0.25) is 5.88 Å². The Morgan fingerprint density at radius 2 is 1.64 bits per heavy atom. The zero-order valence-electron chi connectivity index (χ0n) is 14.2. The van der Waals surface area contributed by atoms with Crippen LogP contribution >= 0.6 is 0 Å². The Kier molecular flexibility index (Phi) is 5.56. The molecule has 1 aromatic carbocycles. The molecule has 0 N–H and O–H groups in total. The van der Waals surface area contributed by atoms with E-state index in [4.69, 9.17) is 4.74 Å². The first-order valence-corrected chi connectivity index (χ1v) is 7.84. The lowest BCUT2D eigenvalue weighted by Gasteiger charge is -2.33. The normalized spacial score (nSPS) is 14.1. The fourth-order valence-corrected chi connectivity index (χ4v) is 2.70. The Morgan fingerprint density at radius 1 is 0.955 bits per heavy atom. The lowest BCUT2D eigenvalue weighted by molar-refractivity contribution is 0.184. The fraction of sp³-hybridized carbons (Fsp3) is 0.421. The third-order valence-electron chi connectivity index (χ3n) is 4.19. The highest BCUT2D eigenvalue weighted by molar-refractivity contribution is 5.32. The minimum Gasteiger partial charge on any atom is -0.439 e. The van der Waals surface area contributed by atoms with E-state index in [9.17, 15) is 0 Å². The van der Waals surface area contributed by atoms with Crippen molar-refractivity contribution < 1.29 is 4.74 Å². The maximum Gasteiger partial charge on any atom is 0.219 e. The summed E-state index contributed by atoms with van der Waals surface area (Å²) in [5.74, 6) is 2.65. The Labute approximate surface area is 134 Å². The van der Waals surface area contributed by atoms with Gasteiger partial charge in [-0.2, -0.15) is 0 Å². The summed E-state index contributed by atoms with van der Waals surface area (Å²) in [5, 5.41) is 0. The number of benzene rings is 1. The van der Waals surface area contributed by atoms with Gasteiger partial charge in [0.05, 0.1) is 0 Å². The Bertz CT molecular complexity index is 564. The molecule has 3 heteroatoms. The predicted octanol–water partition coefficient (Wildman–Crippen LogP) is 4.77. The van der Waals surface area contributed by atoms with Gasteiger partial charge in [-0.15, -0.1) is 0 Å². The van der Waals surface area contributed by atoms with E-state index < -0.39 is 0 Å². The van der Waals surface area contributed by atoms with Crippen molar-refractivity contribution in [2.75, 3.05) is 14.1 Å². The first-order chi connectivity index (χ1) is 10.5. The molecule has 3 nitrogen and oxygen atoms in total. The van der Waals surface area contributed by atoms with Gasteiger partial charge in [0.15, 0.2) is 0 Å². The summed E-state index contributed by atoms with van der Waals surface area (Å²) >= 11 is 0. The van der Waals surface area contributed by atoms with Crippen LogP contribution in [0.25, 0.3) is 0 Å². The lowest BCUT2D eigenvalue weighted by atomic mass is 9.85. The number of rotatable bonds is 6. The molecule has 0 radical (unpaired) electrons. The monoisotopic (exact) mass is 298 g/mol. The first kappa shape index (κ1) is 16.5. The smallest absolute Gasteiger partial charge is 0.219 e. The van der Waals surface area contributed by atoms with Gasteiger partial charge < -0.3 is 9.64 Å². The van der Waals surface area contributed by atoms with Crippen molar-refractivity contribution in [1.82, 2.24) is 9.88 Å². The van der Waals surface area contributed by atoms with E-state index in [2.05, 4.69) is 56.9 Å². The molecule has 2 atom stereocenters. The van der Waals surface area contributed by atoms with Crippen LogP contribution in [0.15, 0.2) is 48.7 Å². The second-order valence-corrected chi connectivity index (χ2v) is 6.35. The third-order valence-corrected chi connectivity index (χ3v) is 4.19. The molecule has 0 fully saturated rings. The summed E-state index contributed by atoms with van der Waals surface area (Å²) in [6, 6.07) is 14.4. The van der Waals surface area contributed by atoms with E-state index in [1.54, 1.807) is 6.20 Å². The second kappa shape index (κ2) is 7.41. The van der Waals surface area contributed by atoms with Gasteiger partial charge >= 0.3 is 0 Å². The number of aromatic nitrogens is 1. The van der Waals surface area contributed by atoms with Crippen molar-refractivity contribution in [3.63, 3.8) is 0 Å². The molecule has 22 heavy (non-hydrogen) atoms. The molecule has 1 heterocycles. The molecule has 0 bridgehead atoms. The average molecular weight is 298 g/mol. The number of ether oxygens (including phenoxy) is 1. The van der Waals surface area contributed by atoms with Gasteiger partial charge in [0.1, 0.15) is 5.75 Å². The van der Waals surface area contributed by atoms with Crippen LogP contribution in [0.2, 0.25) is 0 Å². The van der Waals surface area contributed by atoms with Crippen LogP contribution < -0.4 is 4.74 Å². The molecule has 118 valence electrons. The van der Waals surface area contributed by atoms with Gasteiger partial charge in [-0.3, -0.25) is 0 Å². The summed E-state index contributed by atoms with van der Waals surface area (Å²) in [5.41, 5.74) is 1.32. The topological polar surface area (TPSA) is 25.4 Å². The minimum absolute atomic E-state index is 0.406. The summed E-state index contributed by atoms with van der Waals surface area (Å²) in [6.07, 6.45) is 1.73. The molecular weight excluding hydrogens is 272 g/mol. The second-order valence-electron chi connectivity index (χ2n) is 6.35. The van der Waals surface area contributed by atoms with E-state index in [-0.39, 0.29) is 0 Å². The predicted molar refractivity (Wildman–Crippen MR) is 91.2 cm³/mol. The van der Waals surface area contributed by atoms with Crippen molar-refractivity contribution in [2.24, 2.45) is 11.8 Å². The summed E-state index contributed by atoms with van der Waals surface area (Å²) in [7, 11) is 4.28. The van der Waals surface area contributed by atoms with Crippen molar-refractivity contribution in [1.29, 1.82) is 0 Å². The molecular formula is C19H26N2O. The summed E-state index contributed by atoms with van der Waals surface area (Å²) in [6.45, 7) is 6.87. The number of hydrogen-bond acceptors (Lipinski definition) is 3. The van der Waals surface area contributed by atoms with Gasteiger partial charge in [-0.05, 0) is 49.7 Å². The number of pyridine rings is 1. The molecule has 0 unspecified atom stereocenters. The Balaban J connectivity index is 2.16. The highest BCUT2D eigenvalue weighted by Gasteiger charge is 2.23. The molecule has 1 aromatic heterocycles. The van der Waals surface area contributed by atoms with Crippen LogP contribution in [0.1, 0.15) is 32.4 Å². The van der Waals surface area contributed by atoms with Crippen molar-refractivity contribution in [3.05, 3.63) is 54.2 Å². The Morgan fingerprint density at radius 3 is 2.14 bits per heavy atom. The maximum absolute atomic E-state index is 5.76. The molecule has 0 aliphatic carbocycles. The minimum atomic E-state index is 0.406. The molecule has 0 saturated heterocycles. The molecule has 2 aromatic rings. The van der Waals surface area contributed by atoms with Gasteiger partial charge in [0.25, 0.3) is 0 Å². The lowest BCUT2D eigenvalue weighted by Crippen LogP contribution is -2.28. The highest BCUT2D eigenvalue weighted by atomic mass is 16.5. The van der Waals surface area contributed by atoms with Gasteiger partial charge in [0, 0.05) is 18.3 Å². The molecule has 0 saturated carbocycles. The maximum atomic E-state index is 5.76. The van der Waals surface area contributed by atoms with Crippen LogP contribution in [-0.2, 0) is 0 Å². The van der Waals surface area contributed by atoms with Crippen molar-refractivity contribution >= 4 is 0 Å². The van der Waals surface area contributed by atoms with Gasteiger partial charge in [-0.25, -0.2) is 4.98 Å². The zero-order valence-corrected chi connectivity index (χ0v) is 14.2. The van der Waals surface area contributed by atoms with Crippen LogP contribution in [0.4, 0.5) is 0 Å².